The van der Waals surface area contributed by atoms with E-state index in [2.05, 4.69) is 65.8 Å². The summed E-state index contributed by atoms with van der Waals surface area (Å²) in [5, 5.41) is 6.42. The molecule has 0 unspecified atom stereocenters. The van der Waals surface area contributed by atoms with E-state index in [0.29, 0.717) is 11.5 Å². The van der Waals surface area contributed by atoms with E-state index in [0.717, 1.165) is 48.7 Å². The van der Waals surface area contributed by atoms with Crippen LogP contribution in [0.2, 0.25) is 0 Å². The van der Waals surface area contributed by atoms with E-state index >= 15 is 0 Å². The molecule has 2 N–H and O–H groups in total. The average molecular weight is 430 g/mol. The standard InChI is InChI=1S/C27H31N3O2/c1-19(2)20-4-6-21(7-5-20)26-18-24(32-3)12-13-25(26)27(31)29-22-8-10-23(11-9-22)30-16-14-28-15-17-30/h4-13,18-19,28H,14-17H2,1-3H3,(H,29,31). The van der Waals surface area contributed by atoms with Crippen molar-refractivity contribution in [2.45, 2.75) is 19.8 Å². The predicted molar refractivity (Wildman–Crippen MR) is 132 cm³/mol. The van der Waals surface area contributed by atoms with Crippen molar-refractivity contribution in [3.8, 4) is 16.9 Å². The molecule has 1 aliphatic heterocycles. The van der Waals surface area contributed by atoms with Crippen LogP contribution in [0.5, 0.6) is 5.75 Å². The fourth-order valence-electron chi connectivity index (χ4n) is 4.01. The van der Waals surface area contributed by atoms with Crippen LogP contribution in [0, 0.1) is 0 Å². The minimum Gasteiger partial charge on any atom is -0.497 e. The van der Waals surface area contributed by atoms with Crippen LogP contribution < -0.4 is 20.3 Å². The molecule has 3 aromatic rings. The number of ether oxygens (including phenoxy) is 1. The van der Waals surface area contributed by atoms with Crippen molar-refractivity contribution in [1.29, 1.82) is 0 Å². The summed E-state index contributed by atoms with van der Waals surface area (Å²) in [7, 11) is 1.64. The number of carbonyl (C=O) groups is 1. The molecule has 166 valence electrons. The molecule has 4 rings (SSSR count). The SMILES string of the molecule is COc1ccc(C(=O)Nc2ccc(N3CCNCC3)cc2)c(-c2ccc(C(C)C)cc2)c1. The molecular formula is C27H31N3O2. The maximum atomic E-state index is 13.2. The van der Waals surface area contributed by atoms with Gasteiger partial charge in [0.1, 0.15) is 5.75 Å². The maximum absolute atomic E-state index is 13.2. The van der Waals surface area contributed by atoms with Crippen molar-refractivity contribution in [2.75, 3.05) is 43.5 Å². The van der Waals surface area contributed by atoms with E-state index in [-0.39, 0.29) is 5.91 Å². The van der Waals surface area contributed by atoms with Crippen molar-refractivity contribution < 1.29 is 9.53 Å². The molecule has 1 heterocycles. The normalized spacial score (nSPS) is 13.8. The minimum atomic E-state index is -0.134. The van der Waals surface area contributed by atoms with Gasteiger partial charge in [-0.1, -0.05) is 38.1 Å². The second-order valence-electron chi connectivity index (χ2n) is 8.43. The fraction of sp³-hybridized carbons (Fsp3) is 0.296. The van der Waals surface area contributed by atoms with Gasteiger partial charge in [0.05, 0.1) is 7.11 Å². The lowest BCUT2D eigenvalue weighted by molar-refractivity contribution is 0.102. The number of nitrogens with zero attached hydrogens (tertiary/aromatic N) is 1. The highest BCUT2D eigenvalue weighted by Gasteiger charge is 2.16. The third-order valence-corrected chi connectivity index (χ3v) is 5.97. The van der Waals surface area contributed by atoms with Crippen LogP contribution in [-0.2, 0) is 0 Å². The molecule has 1 saturated heterocycles. The number of nitrogens with one attached hydrogen (secondary N) is 2. The van der Waals surface area contributed by atoms with Gasteiger partial charge in [0, 0.05) is 43.1 Å². The van der Waals surface area contributed by atoms with Crippen LogP contribution in [-0.4, -0.2) is 39.2 Å². The zero-order chi connectivity index (χ0) is 22.5. The Bertz CT molecular complexity index is 1050. The Morgan fingerprint density at radius 3 is 2.28 bits per heavy atom. The summed E-state index contributed by atoms with van der Waals surface area (Å²) in [6.07, 6.45) is 0. The van der Waals surface area contributed by atoms with E-state index in [4.69, 9.17) is 4.74 Å². The Hall–Kier alpha value is -3.31. The van der Waals surface area contributed by atoms with Crippen LogP contribution in [0.3, 0.4) is 0 Å². The molecule has 0 saturated carbocycles. The van der Waals surface area contributed by atoms with E-state index in [1.807, 2.05) is 30.3 Å². The molecule has 3 aromatic carbocycles. The lowest BCUT2D eigenvalue weighted by atomic mass is 9.95. The first-order valence-corrected chi connectivity index (χ1v) is 11.2. The van der Waals surface area contributed by atoms with Gasteiger partial charge in [-0.2, -0.15) is 0 Å². The number of hydrogen-bond donors (Lipinski definition) is 2. The van der Waals surface area contributed by atoms with Crippen molar-refractivity contribution in [1.82, 2.24) is 5.32 Å². The van der Waals surface area contributed by atoms with Gasteiger partial charge < -0.3 is 20.3 Å². The van der Waals surface area contributed by atoms with Gasteiger partial charge in [0.15, 0.2) is 0 Å². The topological polar surface area (TPSA) is 53.6 Å². The molecule has 32 heavy (non-hydrogen) atoms. The third-order valence-electron chi connectivity index (χ3n) is 5.97. The number of carbonyl (C=O) groups excluding carboxylic acids is 1. The van der Waals surface area contributed by atoms with E-state index in [9.17, 15) is 4.79 Å². The van der Waals surface area contributed by atoms with Gasteiger partial charge in [-0.15, -0.1) is 0 Å². The van der Waals surface area contributed by atoms with E-state index in [1.54, 1.807) is 7.11 Å². The second kappa shape index (κ2) is 9.88. The number of anilines is 2. The summed E-state index contributed by atoms with van der Waals surface area (Å²) >= 11 is 0. The van der Waals surface area contributed by atoms with Crippen LogP contribution in [0.4, 0.5) is 11.4 Å². The van der Waals surface area contributed by atoms with Gasteiger partial charge in [-0.3, -0.25) is 4.79 Å². The first-order chi connectivity index (χ1) is 15.5. The Balaban J connectivity index is 1.56. The zero-order valence-corrected chi connectivity index (χ0v) is 19.0. The fourth-order valence-corrected chi connectivity index (χ4v) is 4.01. The first kappa shape index (κ1) is 21.9. The quantitative estimate of drug-likeness (QED) is 0.569. The molecule has 5 nitrogen and oxygen atoms in total. The monoisotopic (exact) mass is 429 g/mol. The van der Waals surface area contributed by atoms with Crippen LogP contribution in [0.15, 0.2) is 66.7 Å². The molecule has 0 spiro atoms. The molecule has 0 aromatic heterocycles. The van der Waals surface area contributed by atoms with Crippen LogP contribution in [0.1, 0.15) is 35.7 Å². The summed E-state index contributed by atoms with van der Waals surface area (Å²) in [5.41, 5.74) is 5.70. The summed E-state index contributed by atoms with van der Waals surface area (Å²) in [6, 6.07) is 22.0. The predicted octanol–water partition coefficient (Wildman–Crippen LogP) is 5.15. The van der Waals surface area contributed by atoms with Crippen LogP contribution >= 0.6 is 0 Å². The van der Waals surface area contributed by atoms with Crippen molar-refractivity contribution in [2.24, 2.45) is 0 Å². The Labute approximate surface area is 190 Å². The van der Waals surface area contributed by atoms with E-state index < -0.39 is 0 Å². The highest BCUT2D eigenvalue weighted by Crippen LogP contribution is 2.30. The second-order valence-corrected chi connectivity index (χ2v) is 8.43. The highest BCUT2D eigenvalue weighted by atomic mass is 16.5. The Kier molecular flexibility index (Phi) is 6.76. The average Bonchev–Trinajstić information content (AvgIpc) is 2.84. The van der Waals surface area contributed by atoms with Gasteiger partial charge >= 0.3 is 0 Å². The largest absolute Gasteiger partial charge is 0.497 e. The van der Waals surface area contributed by atoms with E-state index in [1.165, 1.54) is 11.3 Å². The van der Waals surface area contributed by atoms with Crippen molar-refractivity contribution >= 4 is 17.3 Å². The molecule has 1 aliphatic rings. The van der Waals surface area contributed by atoms with Gasteiger partial charge in [-0.05, 0) is 65.1 Å². The highest BCUT2D eigenvalue weighted by molar-refractivity contribution is 6.09. The summed E-state index contributed by atoms with van der Waals surface area (Å²) in [4.78, 5) is 15.6. The van der Waals surface area contributed by atoms with Gasteiger partial charge in [0.25, 0.3) is 5.91 Å². The molecule has 0 radical (unpaired) electrons. The Morgan fingerprint density at radius 1 is 0.969 bits per heavy atom. The molecule has 0 bridgehead atoms. The molecule has 1 amide bonds. The number of rotatable bonds is 6. The minimum absolute atomic E-state index is 0.134. The Morgan fingerprint density at radius 2 is 1.66 bits per heavy atom. The lowest BCUT2D eigenvalue weighted by Gasteiger charge is -2.29. The zero-order valence-electron chi connectivity index (χ0n) is 19.0. The molecule has 0 atom stereocenters. The molecule has 1 fully saturated rings. The maximum Gasteiger partial charge on any atom is 0.256 e. The number of benzene rings is 3. The van der Waals surface area contributed by atoms with Crippen molar-refractivity contribution in [3.63, 3.8) is 0 Å². The number of methoxy groups -OCH3 is 1. The van der Waals surface area contributed by atoms with Gasteiger partial charge in [0.2, 0.25) is 0 Å². The smallest absolute Gasteiger partial charge is 0.256 e. The summed E-state index contributed by atoms with van der Waals surface area (Å²) < 4.78 is 5.42. The number of piperazine rings is 1. The molecule has 0 aliphatic carbocycles. The molecular weight excluding hydrogens is 398 g/mol. The van der Waals surface area contributed by atoms with Gasteiger partial charge in [-0.25, -0.2) is 0 Å². The first-order valence-electron chi connectivity index (χ1n) is 11.2. The number of amides is 1. The summed E-state index contributed by atoms with van der Waals surface area (Å²) in [5.74, 6) is 1.05. The molecule has 5 heteroatoms. The summed E-state index contributed by atoms with van der Waals surface area (Å²) in [6.45, 7) is 8.33. The third kappa shape index (κ3) is 4.94. The lowest BCUT2D eigenvalue weighted by Crippen LogP contribution is -2.43. The number of hydrogen-bond acceptors (Lipinski definition) is 4. The van der Waals surface area contributed by atoms with Crippen molar-refractivity contribution in [3.05, 3.63) is 77.9 Å². The van der Waals surface area contributed by atoms with Crippen LogP contribution in [0.25, 0.3) is 11.1 Å².